The van der Waals surface area contributed by atoms with Crippen LogP contribution in [0.4, 0.5) is 0 Å². The van der Waals surface area contributed by atoms with Crippen molar-refractivity contribution < 1.29 is 24.2 Å². The first kappa shape index (κ1) is 45.6. The number of hydrogen-bond acceptors (Lipinski definition) is 8. The van der Waals surface area contributed by atoms with E-state index in [2.05, 4.69) is 121 Å². The van der Waals surface area contributed by atoms with E-state index in [0.717, 1.165) is 123 Å². The number of nitrogens with one attached hydrogen (secondary N) is 3. The zero-order chi connectivity index (χ0) is 47.6. The number of cyclic esters (lactones) is 1. The molecule has 5 heterocycles. The number of carbonyl (C=O) groups is 2. The number of phenolic OH excluding ortho intramolecular Hbond substituents is 1. The van der Waals surface area contributed by atoms with E-state index in [4.69, 9.17) is 9.47 Å². The van der Waals surface area contributed by atoms with Gasteiger partial charge in [-0.25, -0.2) is 9.59 Å². The van der Waals surface area contributed by atoms with Crippen LogP contribution in [0.5, 0.6) is 5.75 Å². The van der Waals surface area contributed by atoms with Crippen molar-refractivity contribution in [2.75, 3.05) is 20.1 Å². The highest BCUT2D eigenvalue weighted by Crippen LogP contribution is 2.72. The second kappa shape index (κ2) is 18.6. The Morgan fingerprint density at radius 1 is 0.829 bits per heavy atom. The Bertz CT molecular complexity index is 2840. The molecule has 0 aromatic heterocycles. The van der Waals surface area contributed by atoms with Crippen LogP contribution >= 0.6 is 0 Å². The van der Waals surface area contributed by atoms with Crippen LogP contribution in [0.3, 0.4) is 0 Å². The van der Waals surface area contributed by atoms with Crippen molar-refractivity contribution in [3.05, 3.63) is 165 Å². The van der Waals surface area contributed by atoms with Crippen LogP contribution in [-0.4, -0.2) is 43.3 Å². The van der Waals surface area contributed by atoms with Gasteiger partial charge in [0.05, 0.1) is 17.2 Å². The molecule has 5 aliphatic carbocycles. The van der Waals surface area contributed by atoms with Gasteiger partial charge in [0.2, 0.25) is 0 Å². The van der Waals surface area contributed by atoms with E-state index in [1.165, 1.54) is 41.5 Å². The number of phenols is 1. The van der Waals surface area contributed by atoms with Gasteiger partial charge in [-0.2, -0.15) is 0 Å². The lowest BCUT2D eigenvalue weighted by Crippen LogP contribution is -2.52. The molecule has 9 atom stereocenters. The predicted octanol–water partition coefficient (Wildman–Crippen LogP) is 11.3. The van der Waals surface area contributed by atoms with Crippen LogP contribution < -0.4 is 16.0 Å². The van der Waals surface area contributed by atoms with Gasteiger partial charge in [0.1, 0.15) is 17.3 Å². The summed E-state index contributed by atoms with van der Waals surface area (Å²) in [7, 11) is 2.07. The first-order valence-electron chi connectivity index (χ1n) is 26.7. The van der Waals surface area contributed by atoms with Crippen molar-refractivity contribution in [1.29, 1.82) is 0 Å². The zero-order valence-electron chi connectivity index (χ0n) is 41.0. The highest BCUT2D eigenvalue weighted by molar-refractivity contribution is 6.07. The SMILES string of the molecule is CCC(C=C1OC(=O)C2=C3c4cc(O)ccc4-c4cccc(c4)CNCCc4cccc(c4)CC4CCC(C5CCNC(NC)C5)(CC=C5OC(=O)C6=C5CCC5C3CCC12C65)C4)Cc1ccccc1. The molecule has 1 spiro atoms. The summed E-state index contributed by atoms with van der Waals surface area (Å²) in [6, 6.07) is 34.3. The maximum Gasteiger partial charge on any atom is 0.340 e. The van der Waals surface area contributed by atoms with Crippen LogP contribution in [0, 0.1) is 46.3 Å². The molecule has 8 heteroatoms. The van der Waals surface area contributed by atoms with Crippen molar-refractivity contribution in [3.8, 4) is 16.9 Å². The first-order chi connectivity index (χ1) is 34.2. The highest BCUT2D eigenvalue weighted by atomic mass is 16.5. The molecule has 14 bridgehead atoms. The number of hydrogen-bond donors (Lipinski definition) is 4. The minimum atomic E-state index is -0.847. The van der Waals surface area contributed by atoms with Gasteiger partial charge in [-0.15, -0.1) is 0 Å². The predicted molar refractivity (Wildman–Crippen MR) is 275 cm³/mol. The van der Waals surface area contributed by atoms with E-state index in [-0.39, 0.29) is 52.9 Å². The average Bonchev–Trinajstić information content (AvgIpc) is 4.05. The molecule has 4 aromatic rings. The topological polar surface area (TPSA) is 109 Å². The normalized spacial score (nSPS) is 31.5. The number of allylic oxidation sites excluding steroid dienone is 5. The van der Waals surface area contributed by atoms with Crippen LogP contribution in [0.25, 0.3) is 16.7 Å². The third kappa shape index (κ3) is 7.93. The first-order valence-corrected chi connectivity index (χ1v) is 26.7. The van der Waals surface area contributed by atoms with Crippen LogP contribution in [0.1, 0.15) is 105 Å². The monoisotopic (exact) mass is 936 g/mol. The summed E-state index contributed by atoms with van der Waals surface area (Å²) in [5, 5.41) is 22.4. The van der Waals surface area contributed by atoms with Crippen molar-refractivity contribution >= 4 is 17.5 Å². The number of aromatic hydroxyl groups is 1. The van der Waals surface area contributed by atoms with Gasteiger partial charge in [-0.3, -0.25) is 0 Å². The third-order valence-electron chi connectivity index (χ3n) is 18.6. The summed E-state index contributed by atoms with van der Waals surface area (Å²) in [5.41, 5.74) is 10.9. The minimum absolute atomic E-state index is 0.00794. The van der Waals surface area contributed by atoms with Gasteiger partial charge in [0.15, 0.2) is 0 Å². The maximum atomic E-state index is 15.1. The Kier molecular flexibility index (Phi) is 12.1. The van der Waals surface area contributed by atoms with E-state index in [1.807, 2.05) is 12.1 Å². The smallest absolute Gasteiger partial charge is 0.340 e. The van der Waals surface area contributed by atoms with Gasteiger partial charge in [0.25, 0.3) is 0 Å². The third-order valence-corrected chi connectivity index (χ3v) is 18.6. The molecule has 8 nitrogen and oxygen atoms in total. The molecule has 4 fully saturated rings. The number of esters is 2. The molecule has 70 heavy (non-hydrogen) atoms. The summed E-state index contributed by atoms with van der Waals surface area (Å²) < 4.78 is 13.3. The number of carbonyl (C=O) groups excluding carboxylic acids is 2. The molecular weight excluding hydrogens is 867 g/mol. The fourth-order valence-corrected chi connectivity index (χ4v) is 15.4. The van der Waals surface area contributed by atoms with E-state index in [1.54, 1.807) is 6.07 Å². The fraction of sp³-hybridized carbons (Fsp3) is 0.452. The van der Waals surface area contributed by atoms with Gasteiger partial charge in [-0.05, 0) is 220 Å². The summed E-state index contributed by atoms with van der Waals surface area (Å²) in [4.78, 5) is 30.1. The van der Waals surface area contributed by atoms with E-state index >= 15 is 4.79 Å². The lowest BCUT2D eigenvalue weighted by molar-refractivity contribution is -0.135. The second-order valence-corrected chi connectivity index (χ2v) is 22.3. The largest absolute Gasteiger partial charge is 0.508 e. The molecular formula is C62H69N3O5. The molecule has 4 aromatic carbocycles. The fourth-order valence-electron chi connectivity index (χ4n) is 15.4. The highest BCUT2D eigenvalue weighted by Gasteiger charge is 2.68. The van der Waals surface area contributed by atoms with Gasteiger partial charge in [-0.1, -0.05) is 85.8 Å². The maximum absolute atomic E-state index is 15.1. The van der Waals surface area contributed by atoms with Crippen LogP contribution in [0.2, 0.25) is 0 Å². The second-order valence-electron chi connectivity index (χ2n) is 22.3. The summed E-state index contributed by atoms with van der Waals surface area (Å²) in [6.45, 7) is 4.81. The zero-order valence-corrected chi connectivity index (χ0v) is 41.0. The molecule has 2 saturated heterocycles. The molecule has 10 aliphatic rings. The Hall–Kier alpha value is -5.54. The van der Waals surface area contributed by atoms with Crippen LogP contribution in [-0.2, 0) is 44.9 Å². The average molecular weight is 936 g/mol. The molecule has 14 rings (SSSR count). The number of piperidine rings is 1. The van der Waals surface area contributed by atoms with Crippen molar-refractivity contribution in [2.24, 2.45) is 46.3 Å². The summed E-state index contributed by atoms with van der Waals surface area (Å²) in [5.74, 6) is 2.15. The molecule has 362 valence electrons. The quantitative estimate of drug-likeness (QED) is 0.142. The van der Waals surface area contributed by atoms with Crippen molar-refractivity contribution in [1.82, 2.24) is 16.0 Å². The molecule has 0 amide bonds. The Morgan fingerprint density at radius 3 is 2.56 bits per heavy atom. The lowest BCUT2D eigenvalue weighted by Gasteiger charge is -2.56. The number of ether oxygens (including phenoxy) is 2. The van der Waals surface area contributed by atoms with E-state index in [9.17, 15) is 9.90 Å². The van der Waals surface area contributed by atoms with Gasteiger partial charge < -0.3 is 30.5 Å². The molecule has 5 aliphatic heterocycles. The number of rotatable bonds is 6. The Labute approximate surface area is 414 Å². The Morgan fingerprint density at radius 2 is 1.69 bits per heavy atom. The summed E-state index contributed by atoms with van der Waals surface area (Å²) >= 11 is 0. The van der Waals surface area contributed by atoms with Gasteiger partial charge >= 0.3 is 11.9 Å². The van der Waals surface area contributed by atoms with Crippen molar-refractivity contribution in [3.63, 3.8) is 0 Å². The van der Waals surface area contributed by atoms with Gasteiger partial charge in [0, 0.05) is 23.6 Å². The van der Waals surface area contributed by atoms with Crippen LogP contribution in [0.15, 0.2) is 137 Å². The Balaban J connectivity index is 1.02. The molecule has 9 unspecified atom stereocenters. The lowest BCUT2D eigenvalue weighted by atomic mass is 9.44. The summed E-state index contributed by atoms with van der Waals surface area (Å²) in [6.07, 6.45) is 18.5. The number of fused-ring (bicyclic) bond motifs is 5. The van der Waals surface area contributed by atoms with E-state index in [0.29, 0.717) is 29.6 Å². The van der Waals surface area contributed by atoms with Crippen molar-refractivity contribution in [2.45, 2.75) is 110 Å². The van der Waals surface area contributed by atoms with E-state index < -0.39 is 5.41 Å². The molecule has 0 radical (unpaired) electrons. The minimum Gasteiger partial charge on any atom is -0.508 e. The molecule has 2 saturated carbocycles. The molecule has 4 N–H and O–H groups in total. The standard InChI is InChI=1S/C62H69N3O5/c1-3-38(29-39-9-5-4-6-10-39)33-53-62-26-20-48-49-17-18-50-52(69-59(67)56(50)57(49)62)21-25-61(45-23-28-65-54(34-45)63-2)24-19-42(36-61)31-41-12-7-11-40(30-41)22-27-64-37-43-13-8-14-44(32-43)47-16-15-46(66)35-51(47)55(48)58(62)60(68)70-53/h4-16,21,30,32-33,35,38,42,45,48-49,54,57,63-66H,3,17-20,22-29,31,34,36-37H2,1-2H3. The number of benzene rings is 4.